The van der Waals surface area contributed by atoms with E-state index < -0.39 is 0 Å². The van der Waals surface area contributed by atoms with Crippen LogP contribution in [0.2, 0.25) is 5.02 Å². The number of rotatable bonds is 4. The Labute approximate surface area is 121 Å². The number of carbonyl (C=O) groups is 1. The molecule has 1 amide bonds. The van der Waals surface area contributed by atoms with Crippen molar-refractivity contribution in [2.45, 2.75) is 25.4 Å². The molecule has 104 valence electrons. The summed E-state index contributed by atoms with van der Waals surface area (Å²) in [5.41, 5.74) is 0.976. The standard InChI is InChI=1S/C15H14ClFN2O/c16-11-7-14(18-8-11)15(20)19(12-5-6-12)9-10-3-1-2-4-13(10)17/h1-4,7-8,12,18H,5-6,9H2. The SMILES string of the molecule is O=C(c1cc(Cl)c[nH]1)N(Cc1ccccc1F)C1CC1. The molecular weight excluding hydrogens is 279 g/mol. The van der Waals surface area contributed by atoms with Crippen LogP contribution in [-0.2, 0) is 6.54 Å². The average molecular weight is 293 g/mol. The van der Waals surface area contributed by atoms with Gasteiger partial charge < -0.3 is 9.88 Å². The summed E-state index contributed by atoms with van der Waals surface area (Å²) in [6.45, 7) is 0.285. The van der Waals surface area contributed by atoms with Gasteiger partial charge in [0.15, 0.2) is 0 Å². The highest BCUT2D eigenvalue weighted by atomic mass is 35.5. The van der Waals surface area contributed by atoms with Crippen molar-refractivity contribution >= 4 is 17.5 Å². The highest BCUT2D eigenvalue weighted by molar-refractivity contribution is 6.30. The molecule has 1 aromatic carbocycles. The zero-order chi connectivity index (χ0) is 14.1. The maximum atomic E-state index is 13.7. The molecule has 0 spiro atoms. The highest BCUT2D eigenvalue weighted by Crippen LogP contribution is 2.30. The number of amides is 1. The Bertz CT molecular complexity index is 636. The highest BCUT2D eigenvalue weighted by Gasteiger charge is 2.34. The van der Waals surface area contributed by atoms with Crippen LogP contribution in [0.1, 0.15) is 28.9 Å². The molecule has 1 heterocycles. The van der Waals surface area contributed by atoms with Crippen molar-refractivity contribution < 1.29 is 9.18 Å². The van der Waals surface area contributed by atoms with Gasteiger partial charge in [-0.25, -0.2) is 4.39 Å². The average Bonchev–Trinajstić information content (AvgIpc) is 3.18. The molecule has 1 N–H and O–H groups in total. The fourth-order valence-corrected chi connectivity index (χ4v) is 2.37. The monoisotopic (exact) mass is 292 g/mol. The Morgan fingerprint density at radius 1 is 1.40 bits per heavy atom. The van der Waals surface area contributed by atoms with E-state index in [0.29, 0.717) is 16.3 Å². The van der Waals surface area contributed by atoms with Crippen LogP contribution < -0.4 is 0 Å². The van der Waals surface area contributed by atoms with Crippen LogP contribution in [-0.4, -0.2) is 21.8 Å². The molecule has 1 aliphatic carbocycles. The van der Waals surface area contributed by atoms with E-state index in [1.807, 2.05) is 0 Å². The lowest BCUT2D eigenvalue weighted by Crippen LogP contribution is -2.33. The molecule has 0 unspecified atom stereocenters. The first-order valence-corrected chi connectivity index (χ1v) is 6.91. The first-order valence-electron chi connectivity index (χ1n) is 6.53. The Hall–Kier alpha value is -1.81. The number of carbonyl (C=O) groups excluding carboxylic acids is 1. The summed E-state index contributed by atoms with van der Waals surface area (Å²) >= 11 is 5.83. The number of aromatic amines is 1. The van der Waals surface area contributed by atoms with Crippen molar-refractivity contribution in [1.82, 2.24) is 9.88 Å². The van der Waals surface area contributed by atoms with Crippen molar-refractivity contribution in [1.29, 1.82) is 0 Å². The van der Waals surface area contributed by atoms with Gasteiger partial charge in [-0.05, 0) is 25.0 Å². The van der Waals surface area contributed by atoms with Gasteiger partial charge in [0.1, 0.15) is 11.5 Å². The fourth-order valence-electron chi connectivity index (χ4n) is 2.21. The number of benzene rings is 1. The third-order valence-electron chi connectivity index (χ3n) is 3.43. The van der Waals surface area contributed by atoms with E-state index in [0.717, 1.165) is 12.8 Å². The third kappa shape index (κ3) is 2.70. The third-order valence-corrected chi connectivity index (χ3v) is 3.64. The molecule has 0 aliphatic heterocycles. The number of aromatic nitrogens is 1. The van der Waals surface area contributed by atoms with Crippen molar-refractivity contribution in [3.63, 3.8) is 0 Å². The van der Waals surface area contributed by atoms with Crippen molar-refractivity contribution in [2.24, 2.45) is 0 Å². The Morgan fingerprint density at radius 2 is 2.15 bits per heavy atom. The van der Waals surface area contributed by atoms with E-state index in [4.69, 9.17) is 11.6 Å². The number of halogens is 2. The largest absolute Gasteiger partial charge is 0.356 e. The number of hydrogen-bond donors (Lipinski definition) is 1. The topological polar surface area (TPSA) is 36.1 Å². The summed E-state index contributed by atoms with van der Waals surface area (Å²) in [6, 6.07) is 8.34. The molecule has 1 aromatic heterocycles. The Morgan fingerprint density at radius 3 is 2.75 bits per heavy atom. The van der Waals surface area contributed by atoms with E-state index in [9.17, 15) is 9.18 Å². The molecule has 2 aromatic rings. The van der Waals surface area contributed by atoms with Crippen LogP contribution in [0, 0.1) is 5.82 Å². The lowest BCUT2D eigenvalue weighted by Gasteiger charge is -2.22. The molecule has 1 fully saturated rings. The van der Waals surface area contributed by atoms with E-state index >= 15 is 0 Å². The van der Waals surface area contributed by atoms with Crippen LogP contribution in [0.4, 0.5) is 4.39 Å². The second-order valence-electron chi connectivity index (χ2n) is 4.99. The van der Waals surface area contributed by atoms with E-state index in [1.54, 1.807) is 35.4 Å². The van der Waals surface area contributed by atoms with Gasteiger partial charge in [-0.1, -0.05) is 29.8 Å². The molecule has 1 saturated carbocycles. The maximum absolute atomic E-state index is 13.7. The summed E-state index contributed by atoms with van der Waals surface area (Å²) in [5, 5.41) is 0.495. The summed E-state index contributed by atoms with van der Waals surface area (Å²) in [4.78, 5) is 17.0. The summed E-state index contributed by atoms with van der Waals surface area (Å²) in [7, 11) is 0. The van der Waals surface area contributed by atoms with Crippen LogP contribution in [0.15, 0.2) is 36.5 Å². The number of nitrogens with one attached hydrogen (secondary N) is 1. The predicted molar refractivity (Wildman–Crippen MR) is 75.1 cm³/mol. The zero-order valence-electron chi connectivity index (χ0n) is 10.8. The van der Waals surface area contributed by atoms with Crippen LogP contribution in [0.25, 0.3) is 0 Å². The minimum Gasteiger partial charge on any atom is -0.356 e. The van der Waals surface area contributed by atoms with Crippen LogP contribution in [0.3, 0.4) is 0 Å². The summed E-state index contributed by atoms with van der Waals surface area (Å²) < 4.78 is 13.7. The zero-order valence-corrected chi connectivity index (χ0v) is 11.5. The first kappa shape index (κ1) is 13.2. The minimum atomic E-state index is -0.282. The lowest BCUT2D eigenvalue weighted by atomic mass is 10.2. The number of hydrogen-bond acceptors (Lipinski definition) is 1. The van der Waals surface area contributed by atoms with Gasteiger partial charge in [0.25, 0.3) is 5.91 Å². The van der Waals surface area contributed by atoms with Crippen molar-refractivity contribution in [3.8, 4) is 0 Å². The van der Waals surface area contributed by atoms with E-state index in [-0.39, 0.29) is 24.3 Å². The smallest absolute Gasteiger partial charge is 0.270 e. The molecule has 0 atom stereocenters. The molecule has 3 nitrogen and oxygen atoms in total. The van der Waals surface area contributed by atoms with Crippen molar-refractivity contribution in [3.05, 3.63) is 58.6 Å². The van der Waals surface area contributed by atoms with Crippen molar-refractivity contribution in [2.75, 3.05) is 0 Å². The van der Waals surface area contributed by atoms with Gasteiger partial charge in [-0.15, -0.1) is 0 Å². The van der Waals surface area contributed by atoms with Gasteiger partial charge in [0, 0.05) is 24.3 Å². The number of H-pyrrole nitrogens is 1. The predicted octanol–water partition coefficient (Wildman–Crippen LogP) is 3.61. The van der Waals surface area contributed by atoms with E-state index in [2.05, 4.69) is 4.98 Å². The fraction of sp³-hybridized carbons (Fsp3) is 0.267. The molecule has 20 heavy (non-hydrogen) atoms. The van der Waals surface area contributed by atoms with Gasteiger partial charge in [-0.3, -0.25) is 4.79 Å². The Balaban J connectivity index is 1.83. The lowest BCUT2D eigenvalue weighted by molar-refractivity contribution is 0.0723. The molecule has 0 saturated heterocycles. The molecule has 0 radical (unpaired) electrons. The van der Waals surface area contributed by atoms with Gasteiger partial charge in [0.05, 0.1) is 5.02 Å². The second-order valence-corrected chi connectivity index (χ2v) is 5.42. The van der Waals surface area contributed by atoms with Crippen LogP contribution in [0.5, 0.6) is 0 Å². The molecule has 0 bridgehead atoms. The molecule has 3 rings (SSSR count). The minimum absolute atomic E-state index is 0.136. The van der Waals surface area contributed by atoms with E-state index in [1.165, 1.54) is 6.07 Å². The van der Waals surface area contributed by atoms with Crippen LogP contribution >= 0.6 is 11.6 Å². The van der Waals surface area contributed by atoms with Gasteiger partial charge in [0.2, 0.25) is 0 Å². The summed E-state index contributed by atoms with van der Waals surface area (Å²) in [5.74, 6) is -0.418. The Kier molecular flexibility index (Phi) is 3.49. The number of nitrogens with zero attached hydrogens (tertiary/aromatic N) is 1. The molecule has 5 heteroatoms. The normalized spacial score (nSPS) is 14.3. The maximum Gasteiger partial charge on any atom is 0.270 e. The second kappa shape index (κ2) is 5.29. The van der Waals surface area contributed by atoms with Gasteiger partial charge in [-0.2, -0.15) is 0 Å². The first-order chi connectivity index (χ1) is 9.65. The quantitative estimate of drug-likeness (QED) is 0.918. The molecule has 1 aliphatic rings. The molecular formula is C15H14ClFN2O. The van der Waals surface area contributed by atoms with Gasteiger partial charge >= 0.3 is 0 Å². The summed E-state index contributed by atoms with van der Waals surface area (Å²) in [6.07, 6.45) is 3.51.